The lowest BCUT2D eigenvalue weighted by atomic mass is 10.8. The van der Waals surface area contributed by atoms with Crippen molar-refractivity contribution in [3.05, 3.63) is 0 Å². The van der Waals surface area contributed by atoms with Crippen molar-refractivity contribution < 1.29 is 31.9 Å². The monoisotopic (exact) mass is 326 g/mol. The van der Waals surface area contributed by atoms with Gasteiger partial charge in [-0.2, -0.15) is 0 Å². The molecule has 0 aromatic heterocycles. The van der Waals surface area contributed by atoms with Crippen LogP contribution in [0.15, 0.2) is 0 Å². The maximum absolute atomic E-state index is 5.68. The van der Waals surface area contributed by atoms with Crippen LogP contribution in [0.25, 0.3) is 0 Å². The standard InChI is InChI=1S/C13H30O7Si/c1-5-15-8-11-18-21(14-4,19-12-9-16-6-2)20-13-10-17-7-3/h5-13H2,1-4H3. The summed E-state index contributed by atoms with van der Waals surface area (Å²) >= 11 is 0. The van der Waals surface area contributed by atoms with Gasteiger partial charge in [0.2, 0.25) is 0 Å². The molecule has 0 aromatic rings. The predicted molar refractivity (Wildman–Crippen MR) is 80.1 cm³/mol. The van der Waals surface area contributed by atoms with E-state index >= 15 is 0 Å². The molecule has 0 amide bonds. The molecule has 0 atom stereocenters. The maximum Gasteiger partial charge on any atom is 0.679 e. The number of ether oxygens (including phenoxy) is 3. The molecule has 0 saturated heterocycles. The molecule has 8 heteroatoms. The third kappa shape index (κ3) is 11.2. The second-order valence-electron chi connectivity index (χ2n) is 3.84. The lowest BCUT2D eigenvalue weighted by Crippen LogP contribution is -2.50. The molecule has 0 rings (SSSR count). The first-order chi connectivity index (χ1) is 10.2. The van der Waals surface area contributed by atoms with E-state index in [9.17, 15) is 0 Å². The molecule has 7 nitrogen and oxygen atoms in total. The fraction of sp³-hybridized carbons (Fsp3) is 1.00. The van der Waals surface area contributed by atoms with Crippen LogP contribution in [-0.2, 0) is 31.9 Å². The number of rotatable bonds is 16. The van der Waals surface area contributed by atoms with E-state index in [1.165, 1.54) is 7.11 Å². The van der Waals surface area contributed by atoms with Crippen molar-refractivity contribution in [3.63, 3.8) is 0 Å². The lowest BCUT2D eigenvalue weighted by Gasteiger charge is -2.26. The molecule has 0 saturated carbocycles. The minimum atomic E-state index is -3.16. The Balaban J connectivity index is 4.22. The second kappa shape index (κ2) is 14.9. The summed E-state index contributed by atoms with van der Waals surface area (Å²) in [5.74, 6) is 0. The molecule has 128 valence electrons. The van der Waals surface area contributed by atoms with Crippen molar-refractivity contribution in [2.24, 2.45) is 0 Å². The summed E-state index contributed by atoms with van der Waals surface area (Å²) in [7, 11) is -1.64. The molecular weight excluding hydrogens is 296 g/mol. The molecule has 0 aliphatic heterocycles. The first kappa shape index (κ1) is 20.9. The van der Waals surface area contributed by atoms with Gasteiger partial charge in [0.05, 0.1) is 39.6 Å². The van der Waals surface area contributed by atoms with E-state index in [1.54, 1.807) is 0 Å². The van der Waals surface area contributed by atoms with Gasteiger partial charge in [0, 0.05) is 26.9 Å². The largest absolute Gasteiger partial charge is 0.679 e. The highest BCUT2D eigenvalue weighted by Gasteiger charge is 2.44. The Morgan fingerprint density at radius 2 is 0.905 bits per heavy atom. The van der Waals surface area contributed by atoms with Crippen molar-refractivity contribution >= 4 is 9.05 Å². The molecule has 0 aromatic carbocycles. The zero-order valence-corrected chi connectivity index (χ0v) is 14.7. The van der Waals surface area contributed by atoms with Crippen molar-refractivity contribution in [1.29, 1.82) is 0 Å². The van der Waals surface area contributed by atoms with Crippen LogP contribution in [0.4, 0.5) is 0 Å². The van der Waals surface area contributed by atoms with Crippen LogP contribution in [0.2, 0.25) is 0 Å². The minimum absolute atomic E-state index is 0.358. The summed E-state index contributed by atoms with van der Waals surface area (Å²) in [5.41, 5.74) is 0. The first-order valence-electron chi connectivity index (χ1n) is 7.44. The molecule has 0 heterocycles. The Kier molecular flexibility index (Phi) is 14.8. The highest BCUT2D eigenvalue weighted by Crippen LogP contribution is 2.11. The highest BCUT2D eigenvalue weighted by atomic mass is 28.4. The van der Waals surface area contributed by atoms with Crippen molar-refractivity contribution in [2.75, 3.05) is 66.6 Å². The van der Waals surface area contributed by atoms with Crippen LogP contribution < -0.4 is 0 Å². The minimum Gasteiger partial charge on any atom is -0.379 e. The Morgan fingerprint density at radius 1 is 0.571 bits per heavy atom. The normalized spacial score (nSPS) is 12.0. The smallest absolute Gasteiger partial charge is 0.379 e. The van der Waals surface area contributed by atoms with Gasteiger partial charge in [0.1, 0.15) is 0 Å². The number of hydrogen-bond donors (Lipinski definition) is 0. The summed E-state index contributed by atoms with van der Waals surface area (Å²) in [6, 6.07) is 0. The van der Waals surface area contributed by atoms with Crippen molar-refractivity contribution in [1.82, 2.24) is 0 Å². The average Bonchev–Trinajstić information content (AvgIpc) is 2.51. The van der Waals surface area contributed by atoms with E-state index in [2.05, 4.69) is 0 Å². The average molecular weight is 326 g/mol. The van der Waals surface area contributed by atoms with Gasteiger partial charge in [0.15, 0.2) is 0 Å². The van der Waals surface area contributed by atoms with Gasteiger partial charge < -0.3 is 31.9 Å². The van der Waals surface area contributed by atoms with E-state index in [-0.39, 0.29) is 0 Å². The van der Waals surface area contributed by atoms with E-state index in [0.717, 1.165) is 0 Å². The zero-order valence-electron chi connectivity index (χ0n) is 13.7. The van der Waals surface area contributed by atoms with E-state index in [4.69, 9.17) is 31.9 Å². The quantitative estimate of drug-likeness (QED) is 0.312. The van der Waals surface area contributed by atoms with Gasteiger partial charge >= 0.3 is 9.05 Å². The molecular formula is C13H30O7Si. The van der Waals surface area contributed by atoms with Crippen LogP contribution >= 0.6 is 0 Å². The zero-order chi connectivity index (χ0) is 15.8. The van der Waals surface area contributed by atoms with E-state index in [1.807, 2.05) is 20.8 Å². The summed E-state index contributed by atoms with van der Waals surface area (Å²) in [6.45, 7) is 10.2. The van der Waals surface area contributed by atoms with Crippen LogP contribution in [0, 0.1) is 0 Å². The van der Waals surface area contributed by atoms with Gasteiger partial charge in [-0.1, -0.05) is 0 Å². The molecule has 0 bridgehead atoms. The summed E-state index contributed by atoms with van der Waals surface area (Å²) < 4.78 is 38.1. The predicted octanol–water partition coefficient (Wildman–Crippen LogP) is 1.23. The van der Waals surface area contributed by atoms with Gasteiger partial charge in [-0.05, 0) is 20.8 Å². The Bertz CT molecular complexity index is 187. The summed E-state index contributed by atoms with van der Waals surface area (Å²) in [6.07, 6.45) is 0. The fourth-order valence-corrected chi connectivity index (χ4v) is 3.02. The second-order valence-corrected chi connectivity index (χ2v) is 6.11. The molecule has 0 aliphatic carbocycles. The highest BCUT2D eigenvalue weighted by molar-refractivity contribution is 6.53. The van der Waals surface area contributed by atoms with E-state index in [0.29, 0.717) is 59.5 Å². The van der Waals surface area contributed by atoms with Crippen molar-refractivity contribution in [2.45, 2.75) is 20.8 Å². The Labute approximate surface area is 129 Å². The Morgan fingerprint density at radius 3 is 1.14 bits per heavy atom. The van der Waals surface area contributed by atoms with Crippen LogP contribution in [0.1, 0.15) is 20.8 Å². The molecule has 0 fully saturated rings. The first-order valence-corrected chi connectivity index (χ1v) is 9.08. The van der Waals surface area contributed by atoms with Crippen LogP contribution in [0.5, 0.6) is 0 Å². The molecule has 21 heavy (non-hydrogen) atoms. The third-order valence-corrected chi connectivity index (χ3v) is 4.55. The molecule has 0 radical (unpaired) electrons. The molecule has 0 spiro atoms. The fourth-order valence-electron chi connectivity index (χ4n) is 1.41. The third-order valence-electron chi connectivity index (χ3n) is 2.38. The lowest BCUT2D eigenvalue weighted by molar-refractivity contribution is -0.0518. The molecule has 0 aliphatic rings. The molecule has 0 unspecified atom stereocenters. The van der Waals surface area contributed by atoms with Crippen molar-refractivity contribution in [3.8, 4) is 0 Å². The van der Waals surface area contributed by atoms with Gasteiger partial charge in [-0.15, -0.1) is 0 Å². The van der Waals surface area contributed by atoms with Gasteiger partial charge in [-0.25, -0.2) is 0 Å². The van der Waals surface area contributed by atoms with Gasteiger partial charge in [-0.3, -0.25) is 0 Å². The summed E-state index contributed by atoms with van der Waals surface area (Å²) in [4.78, 5) is 0. The SMILES string of the molecule is CCOCCO[Si](OC)(OCCOCC)OCCOCC. The van der Waals surface area contributed by atoms with Crippen LogP contribution in [0.3, 0.4) is 0 Å². The topological polar surface area (TPSA) is 64.6 Å². The summed E-state index contributed by atoms with van der Waals surface area (Å²) in [5, 5.41) is 0. The van der Waals surface area contributed by atoms with Crippen LogP contribution in [-0.4, -0.2) is 75.6 Å². The number of hydrogen-bond acceptors (Lipinski definition) is 7. The van der Waals surface area contributed by atoms with Gasteiger partial charge in [0.25, 0.3) is 0 Å². The maximum atomic E-state index is 5.68. The van der Waals surface area contributed by atoms with E-state index < -0.39 is 9.05 Å². The Hall–Kier alpha value is -0.0631. The molecule has 0 N–H and O–H groups in total.